The molecule has 0 saturated carbocycles. The van der Waals surface area contributed by atoms with Gasteiger partial charge in [0.2, 0.25) is 5.95 Å². The zero-order valence-electron chi connectivity index (χ0n) is 11.1. The normalized spacial score (nSPS) is 27.4. The number of amides is 1. The van der Waals surface area contributed by atoms with E-state index >= 15 is 0 Å². The van der Waals surface area contributed by atoms with Crippen molar-refractivity contribution < 1.29 is 9.18 Å². The number of likely N-dealkylation sites (N-methyl/N-ethyl adjacent to an activating group) is 1. The first-order valence-electron chi connectivity index (χ1n) is 6.78. The first-order valence-corrected chi connectivity index (χ1v) is 6.78. The van der Waals surface area contributed by atoms with E-state index in [0.717, 1.165) is 25.9 Å². The summed E-state index contributed by atoms with van der Waals surface area (Å²) in [6.07, 6.45) is 4.74. The Bertz CT molecular complexity index is 476. The average molecular weight is 263 g/mol. The van der Waals surface area contributed by atoms with Gasteiger partial charge in [0.15, 0.2) is 0 Å². The van der Waals surface area contributed by atoms with Gasteiger partial charge >= 0.3 is 0 Å². The molecule has 3 rings (SSSR count). The number of halogens is 1. The average Bonchev–Trinajstić information content (AvgIpc) is 2.63. The highest BCUT2D eigenvalue weighted by Gasteiger charge is 2.36. The molecule has 2 fully saturated rings. The molecule has 102 valence electrons. The lowest BCUT2D eigenvalue weighted by Crippen LogP contribution is -2.39. The third-order valence-corrected chi connectivity index (χ3v) is 4.41. The number of fused-ring (bicyclic) bond motifs is 2. The fraction of sp³-hybridized carbons (Fsp3) is 0.571. The quantitative estimate of drug-likeness (QED) is 0.721. The van der Waals surface area contributed by atoms with Gasteiger partial charge in [0.1, 0.15) is 0 Å². The zero-order chi connectivity index (χ0) is 13.4. The van der Waals surface area contributed by atoms with Gasteiger partial charge in [-0.25, -0.2) is 4.98 Å². The molecular weight excluding hydrogens is 245 g/mol. The molecule has 0 spiro atoms. The minimum Gasteiger partial charge on any atom is -0.337 e. The summed E-state index contributed by atoms with van der Waals surface area (Å²) in [6, 6.07) is 3.82. The molecule has 0 aliphatic carbocycles. The predicted octanol–water partition coefficient (Wildman–Crippen LogP) is 1.53. The van der Waals surface area contributed by atoms with Crippen LogP contribution >= 0.6 is 0 Å². The second-order valence-electron chi connectivity index (χ2n) is 5.46. The van der Waals surface area contributed by atoms with Gasteiger partial charge in [-0.2, -0.15) is 4.39 Å². The van der Waals surface area contributed by atoms with Gasteiger partial charge in [-0.05, 0) is 38.4 Å². The number of carbonyl (C=O) groups excluding carboxylic acids is 1. The molecule has 0 aromatic carbocycles. The molecule has 1 aromatic rings. The predicted molar refractivity (Wildman–Crippen MR) is 69.3 cm³/mol. The van der Waals surface area contributed by atoms with Crippen LogP contribution in [0.25, 0.3) is 0 Å². The van der Waals surface area contributed by atoms with Crippen LogP contribution in [-0.4, -0.2) is 52.9 Å². The van der Waals surface area contributed by atoms with Gasteiger partial charge in [-0.15, -0.1) is 0 Å². The van der Waals surface area contributed by atoms with E-state index in [-0.39, 0.29) is 5.91 Å². The molecule has 0 radical (unpaired) electrons. The minimum absolute atomic E-state index is 0.0338. The van der Waals surface area contributed by atoms with E-state index in [9.17, 15) is 9.18 Å². The second-order valence-corrected chi connectivity index (χ2v) is 5.46. The third kappa shape index (κ3) is 2.34. The maximum absolute atomic E-state index is 12.8. The van der Waals surface area contributed by atoms with Gasteiger partial charge in [-0.1, -0.05) is 0 Å². The molecule has 2 aliphatic rings. The Hall–Kier alpha value is -1.49. The van der Waals surface area contributed by atoms with Crippen molar-refractivity contribution >= 4 is 5.91 Å². The van der Waals surface area contributed by atoms with Crippen molar-refractivity contribution in [3.8, 4) is 0 Å². The van der Waals surface area contributed by atoms with Gasteiger partial charge in [0.05, 0.1) is 5.56 Å². The molecule has 5 heteroatoms. The van der Waals surface area contributed by atoms with Crippen LogP contribution in [0.1, 0.15) is 29.6 Å². The smallest absolute Gasteiger partial charge is 0.255 e. The summed E-state index contributed by atoms with van der Waals surface area (Å²) in [7, 11) is 2.15. The number of aromatic nitrogens is 1. The molecule has 19 heavy (non-hydrogen) atoms. The van der Waals surface area contributed by atoms with Gasteiger partial charge in [0, 0.05) is 31.4 Å². The van der Waals surface area contributed by atoms with Crippen molar-refractivity contribution in [3.63, 3.8) is 0 Å². The van der Waals surface area contributed by atoms with E-state index in [2.05, 4.69) is 16.9 Å². The van der Waals surface area contributed by atoms with E-state index < -0.39 is 5.95 Å². The molecule has 2 saturated heterocycles. The summed E-state index contributed by atoms with van der Waals surface area (Å²) in [4.78, 5) is 20.2. The number of hydrogen-bond acceptors (Lipinski definition) is 3. The van der Waals surface area contributed by atoms with Crippen LogP contribution in [-0.2, 0) is 0 Å². The Morgan fingerprint density at radius 3 is 2.84 bits per heavy atom. The maximum Gasteiger partial charge on any atom is 0.255 e. The van der Waals surface area contributed by atoms with Crippen molar-refractivity contribution in [3.05, 3.63) is 29.8 Å². The molecule has 1 amide bonds. The van der Waals surface area contributed by atoms with Crippen molar-refractivity contribution in [2.75, 3.05) is 20.1 Å². The number of hydrogen-bond donors (Lipinski definition) is 0. The standard InChI is InChI=1S/C14H18FN3O/c1-17-11-3-4-12(17)9-18(7-6-11)14(19)10-2-5-13(15)16-8-10/h2,5,8,11-12H,3-4,6-7,9H2,1H3. The third-order valence-electron chi connectivity index (χ3n) is 4.41. The summed E-state index contributed by atoms with van der Waals surface area (Å²) in [5.41, 5.74) is 0.474. The molecule has 0 N–H and O–H groups in total. The Labute approximate surface area is 112 Å². The molecule has 2 atom stereocenters. The Morgan fingerprint density at radius 1 is 1.32 bits per heavy atom. The maximum atomic E-state index is 12.8. The van der Waals surface area contributed by atoms with E-state index in [1.165, 1.54) is 24.8 Å². The molecular formula is C14H18FN3O. The highest BCUT2D eigenvalue weighted by Crippen LogP contribution is 2.28. The lowest BCUT2D eigenvalue weighted by molar-refractivity contribution is 0.0739. The number of nitrogens with zero attached hydrogens (tertiary/aromatic N) is 3. The van der Waals surface area contributed by atoms with Crippen LogP contribution in [0, 0.1) is 5.95 Å². The van der Waals surface area contributed by atoms with E-state index in [0.29, 0.717) is 17.6 Å². The number of rotatable bonds is 1. The molecule has 4 nitrogen and oxygen atoms in total. The molecule has 2 aliphatic heterocycles. The Kier molecular flexibility index (Phi) is 3.22. The summed E-state index contributed by atoms with van der Waals surface area (Å²) in [6.45, 7) is 1.55. The number of likely N-dealkylation sites (tertiary alicyclic amines) is 1. The number of carbonyl (C=O) groups is 1. The molecule has 1 aromatic heterocycles. The molecule has 2 unspecified atom stereocenters. The summed E-state index contributed by atoms with van der Waals surface area (Å²) < 4.78 is 12.8. The van der Waals surface area contributed by atoms with Crippen LogP contribution < -0.4 is 0 Å². The fourth-order valence-electron chi connectivity index (χ4n) is 3.18. The first kappa shape index (κ1) is 12.5. The van der Waals surface area contributed by atoms with Crippen LogP contribution in [0.15, 0.2) is 18.3 Å². The van der Waals surface area contributed by atoms with Crippen LogP contribution in [0.2, 0.25) is 0 Å². The van der Waals surface area contributed by atoms with Gasteiger partial charge in [0.25, 0.3) is 5.91 Å². The van der Waals surface area contributed by atoms with E-state index in [4.69, 9.17) is 0 Å². The van der Waals surface area contributed by atoms with E-state index in [1.807, 2.05) is 4.90 Å². The minimum atomic E-state index is -0.550. The lowest BCUT2D eigenvalue weighted by Gasteiger charge is -2.25. The van der Waals surface area contributed by atoms with Crippen molar-refractivity contribution in [2.24, 2.45) is 0 Å². The number of pyridine rings is 1. The largest absolute Gasteiger partial charge is 0.337 e. The molecule has 3 heterocycles. The van der Waals surface area contributed by atoms with Crippen molar-refractivity contribution in [2.45, 2.75) is 31.3 Å². The first-order chi connectivity index (χ1) is 9.15. The zero-order valence-corrected chi connectivity index (χ0v) is 11.1. The molecule has 2 bridgehead atoms. The van der Waals surface area contributed by atoms with Crippen LogP contribution in [0.3, 0.4) is 0 Å². The van der Waals surface area contributed by atoms with Crippen LogP contribution in [0.5, 0.6) is 0 Å². The topological polar surface area (TPSA) is 36.4 Å². The monoisotopic (exact) mass is 263 g/mol. The van der Waals surface area contributed by atoms with Crippen molar-refractivity contribution in [1.29, 1.82) is 0 Å². The SMILES string of the molecule is CN1C2CCC1CN(C(=O)c1ccc(F)nc1)CC2. The fourth-order valence-corrected chi connectivity index (χ4v) is 3.18. The van der Waals surface area contributed by atoms with Crippen molar-refractivity contribution in [1.82, 2.24) is 14.8 Å². The van der Waals surface area contributed by atoms with Gasteiger partial charge in [-0.3, -0.25) is 9.69 Å². The summed E-state index contributed by atoms with van der Waals surface area (Å²) >= 11 is 0. The Balaban J connectivity index is 1.75. The van der Waals surface area contributed by atoms with Crippen LogP contribution in [0.4, 0.5) is 4.39 Å². The van der Waals surface area contributed by atoms with Gasteiger partial charge < -0.3 is 4.90 Å². The van der Waals surface area contributed by atoms with E-state index in [1.54, 1.807) is 0 Å². The Morgan fingerprint density at radius 2 is 2.11 bits per heavy atom. The second kappa shape index (κ2) is 4.89. The lowest BCUT2D eigenvalue weighted by atomic mass is 10.1. The summed E-state index contributed by atoms with van der Waals surface area (Å²) in [5.74, 6) is -0.584. The highest BCUT2D eigenvalue weighted by atomic mass is 19.1. The summed E-state index contributed by atoms with van der Waals surface area (Å²) in [5, 5.41) is 0. The highest BCUT2D eigenvalue weighted by molar-refractivity contribution is 5.93.